The minimum atomic E-state index is 0.557. The van der Waals surface area contributed by atoms with Crippen LogP contribution in [0.15, 0.2) is 0 Å². The van der Waals surface area contributed by atoms with Crippen LogP contribution in [-0.2, 0) is 0 Å². The van der Waals surface area contributed by atoms with Gasteiger partial charge in [-0.3, -0.25) is 0 Å². The minimum absolute atomic E-state index is 0.557. The van der Waals surface area contributed by atoms with Crippen LogP contribution in [0.1, 0.15) is 31.2 Å². The molecule has 1 fully saturated rings. The van der Waals surface area contributed by atoms with Gasteiger partial charge in [-0.25, -0.2) is 0 Å². The molecule has 2 rings (SSSR count). The first-order valence-electron chi connectivity index (χ1n) is 4.82. The van der Waals surface area contributed by atoms with Crippen LogP contribution in [0.25, 0.3) is 0 Å². The highest BCUT2D eigenvalue weighted by Gasteiger charge is 2.24. The molecular formula is C9H15N3S. The number of hydrogen-bond acceptors (Lipinski definition) is 4. The van der Waals surface area contributed by atoms with E-state index in [-0.39, 0.29) is 0 Å². The maximum atomic E-state index is 4.05. The summed E-state index contributed by atoms with van der Waals surface area (Å²) in [6.07, 6.45) is 4.13. The van der Waals surface area contributed by atoms with Crippen LogP contribution in [0.4, 0.5) is 5.13 Å². The van der Waals surface area contributed by atoms with E-state index in [1.54, 1.807) is 11.3 Å². The van der Waals surface area contributed by atoms with E-state index in [0.29, 0.717) is 6.04 Å². The second-order valence-electron chi connectivity index (χ2n) is 3.75. The SMILES string of the molecule is Cc1nnc(NC(C)C2CCC2)s1. The fourth-order valence-electron chi connectivity index (χ4n) is 1.61. The van der Waals surface area contributed by atoms with Crippen LogP contribution in [0.5, 0.6) is 0 Å². The van der Waals surface area contributed by atoms with Gasteiger partial charge in [-0.2, -0.15) is 0 Å². The number of aromatic nitrogens is 2. The van der Waals surface area contributed by atoms with Gasteiger partial charge in [0.2, 0.25) is 5.13 Å². The summed E-state index contributed by atoms with van der Waals surface area (Å²) in [5.41, 5.74) is 0. The molecule has 0 aliphatic heterocycles. The first kappa shape index (κ1) is 8.94. The molecule has 1 aliphatic carbocycles. The second-order valence-corrected chi connectivity index (χ2v) is 4.93. The third-order valence-corrected chi connectivity index (χ3v) is 3.50. The van der Waals surface area contributed by atoms with Gasteiger partial charge in [0.1, 0.15) is 5.01 Å². The zero-order valence-electron chi connectivity index (χ0n) is 8.08. The number of anilines is 1. The summed E-state index contributed by atoms with van der Waals surface area (Å²) in [4.78, 5) is 0. The van der Waals surface area contributed by atoms with Crippen LogP contribution in [0.3, 0.4) is 0 Å². The topological polar surface area (TPSA) is 37.8 Å². The summed E-state index contributed by atoms with van der Waals surface area (Å²) in [6.45, 7) is 4.22. The highest BCUT2D eigenvalue weighted by Crippen LogP contribution is 2.31. The van der Waals surface area contributed by atoms with Gasteiger partial charge in [-0.05, 0) is 32.6 Å². The first-order valence-corrected chi connectivity index (χ1v) is 5.64. The van der Waals surface area contributed by atoms with Gasteiger partial charge < -0.3 is 5.32 Å². The van der Waals surface area contributed by atoms with Gasteiger partial charge in [-0.1, -0.05) is 17.8 Å². The quantitative estimate of drug-likeness (QED) is 0.808. The van der Waals surface area contributed by atoms with E-state index >= 15 is 0 Å². The standard InChI is InChI=1S/C9H15N3S/c1-6(8-4-3-5-8)10-9-12-11-7(2)13-9/h6,8H,3-5H2,1-2H3,(H,10,12). The van der Waals surface area contributed by atoms with Crippen molar-refractivity contribution in [2.24, 2.45) is 5.92 Å². The molecule has 1 atom stereocenters. The summed E-state index contributed by atoms with van der Waals surface area (Å²) in [6, 6.07) is 0.557. The molecule has 0 aromatic carbocycles. The van der Waals surface area contributed by atoms with E-state index < -0.39 is 0 Å². The molecule has 0 spiro atoms. The number of aryl methyl sites for hydroxylation is 1. The lowest BCUT2D eigenvalue weighted by molar-refractivity contribution is 0.285. The maximum Gasteiger partial charge on any atom is 0.205 e. The molecule has 1 aliphatic rings. The highest BCUT2D eigenvalue weighted by atomic mass is 32.1. The Balaban J connectivity index is 1.89. The van der Waals surface area contributed by atoms with E-state index in [1.807, 2.05) is 6.92 Å². The first-order chi connectivity index (χ1) is 6.25. The summed E-state index contributed by atoms with van der Waals surface area (Å²) in [5.74, 6) is 0.851. The maximum absolute atomic E-state index is 4.05. The molecular weight excluding hydrogens is 182 g/mol. The van der Waals surface area contributed by atoms with Gasteiger partial charge in [-0.15, -0.1) is 10.2 Å². The van der Waals surface area contributed by atoms with Gasteiger partial charge in [0, 0.05) is 6.04 Å². The predicted octanol–water partition coefficient (Wildman–Crippen LogP) is 2.45. The summed E-state index contributed by atoms with van der Waals surface area (Å²) < 4.78 is 0. The number of hydrogen-bond donors (Lipinski definition) is 1. The van der Waals surface area contributed by atoms with Crippen LogP contribution >= 0.6 is 11.3 Å². The van der Waals surface area contributed by atoms with E-state index in [2.05, 4.69) is 22.4 Å². The van der Waals surface area contributed by atoms with Crippen LogP contribution in [-0.4, -0.2) is 16.2 Å². The lowest BCUT2D eigenvalue weighted by Crippen LogP contribution is -2.30. The Morgan fingerprint density at radius 3 is 2.69 bits per heavy atom. The smallest absolute Gasteiger partial charge is 0.205 e. The minimum Gasteiger partial charge on any atom is -0.357 e. The number of nitrogens with zero attached hydrogens (tertiary/aromatic N) is 2. The third kappa shape index (κ3) is 1.99. The molecule has 0 amide bonds. The normalized spacial score (nSPS) is 19.5. The molecule has 1 unspecified atom stereocenters. The predicted molar refractivity (Wildman–Crippen MR) is 55.1 cm³/mol. The molecule has 1 heterocycles. The van der Waals surface area contributed by atoms with Crippen molar-refractivity contribution in [2.75, 3.05) is 5.32 Å². The molecule has 1 aromatic rings. The molecule has 72 valence electrons. The summed E-state index contributed by atoms with van der Waals surface area (Å²) in [5, 5.41) is 13.4. The molecule has 1 N–H and O–H groups in total. The van der Waals surface area contributed by atoms with Crippen molar-refractivity contribution in [2.45, 2.75) is 39.2 Å². The number of nitrogens with one attached hydrogen (secondary N) is 1. The molecule has 0 radical (unpaired) electrons. The lowest BCUT2D eigenvalue weighted by Gasteiger charge is -2.31. The van der Waals surface area contributed by atoms with E-state index in [1.165, 1.54) is 19.3 Å². The average Bonchev–Trinajstić information content (AvgIpc) is 2.31. The lowest BCUT2D eigenvalue weighted by atomic mass is 9.80. The van der Waals surface area contributed by atoms with Crippen LogP contribution in [0.2, 0.25) is 0 Å². The Labute approximate surface area is 82.6 Å². The van der Waals surface area contributed by atoms with Crippen molar-refractivity contribution >= 4 is 16.5 Å². The second kappa shape index (κ2) is 3.62. The third-order valence-electron chi connectivity index (χ3n) is 2.73. The largest absolute Gasteiger partial charge is 0.357 e. The molecule has 0 saturated heterocycles. The Hall–Kier alpha value is -0.640. The van der Waals surface area contributed by atoms with Crippen molar-refractivity contribution in [1.82, 2.24) is 10.2 Å². The van der Waals surface area contributed by atoms with Crippen LogP contribution in [0, 0.1) is 12.8 Å². The van der Waals surface area contributed by atoms with Gasteiger partial charge in [0.25, 0.3) is 0 Å². The summed E-state index contributed by atoms with van der Waals surface area (Å²) in [7, 11) is 0. The van der Waals surface area contributed by atoms with Crippen molar-refractivity contribution in [1.29, 1.82) is 0 Å². The molecule has 13 heavy (non-hydrogen) atoms. The molecule has 0 bridgehead atoms. The van der Waals surface area contributed by atoms with Gasteiger partial charge in [0.15, 0.2) is 0 Å². The Morgan fingerprint density at radius 1 is 1.46 bits per heavy atom. The fourth-order valence-corrected chi connectivity index (χ4v) is 2.30. The van der Waals surface area contributed by atoms with Crippen molar-refractivity contribution in [3.8, 4) is 0 Å². The molecule has 1 aromatic heterocycles. The van der Waals surface area contributed by atoms with Gasteiger partial charge >= 0.3 is 0 Å². The molecule has 1 saturated carbocycles. The highest BCUT2D eigenvalue weighted by molar-refractivity contribution is 7.15. The van der Waals surface area contributed by atoms with Crippen molar-refractivity contribution < 1.29 is 0 Å². The average molecular weight is 197 g/mol. The summed E-state index contributed by atoms with van der Waals surface area (Å²) >= 11 is 1.63. The Morgan fingerprint density at radius 2 is 2.23 bits per heavy atom. The molecule has 3 nitrogen and oxygen atoms in total. The van der Waals surface area contributed by atoms with E-state index in [0.717, 1.165) is 16.1 Å². The van der Waals surface area contributed by atoms with Crippen molar-refractivity contribution in [3.05, 3.63) is 5.01 Å². The van der Waals surface area contributed by atoms with Crippen molar-refractivity contribution in [3.63, 3.8) is 0 Å². The van der Waals surface area contributed by atoms with Crippen LogP contribution < -0.4 is 5.32 Å². The van der Waals surface area contributed by atoms with Gasteiger partial charge in [0.05, 0.1) is 0 Å². The van der Waals surface area contributed by atoms with E-state index in [9.17, 15) is 0 Å². The zero-order chi connectivity index (χ0) is 9.26. The van der Waals surface area contributed by atoms with E-state index in [4.69, 9.17) is 0 Å². The fraction of sp³-hybridized carbons (Fsp3) is 0.778. The Kier molecular flexibility index (Phi) is 2.49. The Bertz CT molecular complexity index is 280. The molecule has 4 heteroatoms. The number of rotatable bonds is 3. The monoisotopic (exact) mass is 197 g/mol. The zero-order valence-corrected chi connectivity index (χ0v) is 8.90.